The first-order chi connectivity index (χ1) is 16.0. The van der Waals surface area contributed by atoms with Crippen molar-refractivity contribution in [2.45, 2.75) is 58.6 Å². The van der Waals surface area contributed by atoms with Gasteiger partial charge in [0, 0.05) is 18.5 Å². The minimum absolute atomic E-state index is 0.149. The summed E-state index contributed by atoms with van der Waals surface area (Å²) in [6.07, 6.45) is 4.43. The van der Waals surface area contributed by atoms with Gasteiger partial charge in [-0.25, -0.2) is 0 Å². The summed E-state index contributed by atoms with van der Waals surface area (Å²) in [6.45, 7) is 8.26. The zero-order valence-electron chi connectivity index (χ0n) is 20.0. The summed E-state index contributed by atoms with van der Waals surface area (Å²) in [4.78, 5) is 15.2. The van der Waals surface area contributed by atoms with Crippen molar-refractivity contribution in [3.05, 3.63) is 59.2 Å². The first-order valence-electron chi connectivity index (χ1n) is 12.4. The lowest BCUT2D eigenvalue weighted by Gasteiger charge is -2.26. The third kappa shape index (κ3) is 6.58. The van der Waals surface area contributed by atoms with E-state index in [9.17, 15) is 9.90 Å². The lowest BCUT2D eigenvalue weighted by molar-refractivity contribution is 0.0701. The van der Waals surface area contributed by atoms with Crippen molar-refractivity contribution >= 4 is 5.78 Å². The molecular formula is C28H37NO4. The molecule has 1 unspecified atom stereocenters. The second kappa shape index (κ2) is 11.2. The Balaban J connectivity index is 1.24. The molecule has 2 aliphatic heterocycles. The van der Waals surface area contributed by atoms with Gasteiger partial charge in [-0.2, -0.15) is 0 Å². The molecule has 2 aromatic rings. The smallest absolute Gasteiger partial charge is 0.162 e. The number of likely N-dealkylation sites (tertiary alicyclic amines) is 1. The van der Waals surface area contributed by atoms with Crippen LogP contribution in [0.25, 0.3) is 0 Å². The van der Waals surface area contributed by atoms with Gasteiger partial charge >= 0.3 is 0 Å². The first-order valence-corrected chi connectivity index (χ1v) is 12.4. The molecular weight excluding hydrogens is 414 g/mol. The fourth-order valence-electron chi connectivity index (χ4n) is 4.55. The van der Waals surface area contributed by atoms with Crippen molar-refractivity contribution in [1.29, 1.82) is 0 Å². The van der Waals surface area contributed by atoms with E-state index in [1.807, 2.05) is 26.0 Å². The van der Waals surface area contributed by atoms with Crippen LogP contribution in [0, 0.1) is 11.8 Å². The summed E-state index contributed by atoms with van der Waals surface area (Å²) >= 11 is 0. The highest BCUT2D eigenvalue weighted by Gasteiger charge is 2.22. The van der Waals surface area contributed by atoms with E-state index in [-0.39, 0.29) is 18.3 Å². The number of nitrogens with zero attached hydrogens (tertiary/aromatic N) is 1. The average Bonchev–Trinajstić information content (AvgIpc) is 3.34. The van der Waals surface area contributed by atoms with Crippen LogP contribution in [-0.4, -0.2) is 48.2 Å². The van der Waals surface area contributed by atoms with Crippen molar-refractivity contribution in [3.63, 3.8) is 0 Å². The molecule has 33 heavy (non-hydrogen) atoms. The minimum atomic E-state index is -0.495. The minimum Gasteiger partial charge on any atom is -0.493 e. The summed E-state index contributed by atoms with van der Waals surface area (Å²) in [6, 6.07) is 13.9. The highest BCUT2D eigenvalue weighted by molar-refractivity contribution is 5.96. The number of carbonyl (C=O) groups excluding carboxylic acids is 1. The number of hydrogen-bond donors (Lipinski definition) is 1. The van der Waals surface area contributed by atoms with E-state index in [1.165, 1.54) is 37.1 Å². The van der Waals surface area contributed by atoms with Crippen molar-refractivity contribution in [3.8, 4) is 11.5 Å². The molecule has 178 valence electrons. The number of fused-ring (bicyclic) bond motifs is 1. The number of ketones is 1. The molecule has 0 amide bonds. The molecule has 2 heterocycles. The summed E-state index contributed by atoms with van der Waals surface area (Å²) < 4.78 is 11.7. The van der Waals surface area contributed by atoms with Crippen LogP contribution in [0.1, 0.15) is 61.0 Å². The summed E-state index contributed by atoms with van der Waals surface area (Å²) in [5, 5.41) is 9.87. The lowest BCUT2D eigenvalue weighted by Crippen LogP contribution is -2.23. The standard InChI is InChI=1S/C28H37NO4/c1-20(2)27(31)19-32-25-10-8-23(9-11-25)26(30)12-6-22-15-24-7-5-21(16-28(24)33-18-22)17-29-13-3-4-14-29/h5,7-11,16,20,22,27,31H,3-4,6,12-15,17-19H2,1-2H3/t22-,27?/m1/s1. The average molecular weight is 452 g/mol. The number of Topliss-reactive ketones (excluding diaryl/α,β-unsaturated/α-hetero) is 1. The number of rotatable bonds is 10. The van der Waals surface area contributed by atoms with Crippen LogP contribution in [-0.2, 0) is 13.0 Å². The molecule has 0 radical (unpaired) electrons. The third-order valence-electron chi connectivity index (χ3n) is 6.87. The number of carbonyl (C=O) groups is 1. The third-order valence-corrected chi connectivity index (χ3v) is 6.87. The van der Waals surface area contributed by atoms with Crippen LogP contribution in [0.3, 0.4) is 0 Å². The van der Waals surface area contributed by atoms with Gasteiger partial charge in [0.05, 0.1) is 12.7 Å². The van der Waals surface area contributed by atoms with Gasteiger partial charge in [-0.05, 0) is 92.1 Å². The molecule has 0 saturated carbocycles. The van der Waals surface area contributed by atoms with Crippen molar-refractivity contribution in [1.82, 2.24) is 4.90 Å². The van der Waals surface area contributed by atoms with E-state index < -0.39 is 6.10 Å². The topological polar surface area (TPSA) is 59.0 Å². The second-order valence-electron chi connectivity index (χ2n) is 9.92. The maximum atomic E-state index is 12.7. The monoisotopic (exact) mass is 451 g/mol. The Morgan fingerprint density at radius 2 is 1.91 bits per heavy atom. The van der Waals surface area contributed by atoms with Gasteiger partial charge in [0.1, 0.15) is 18.1 Å². The summed E-state index contributed by atoms with van der Waals surface area (Å²) in [5.74, 6) is 2.36. The Morgan fingerprint density at radius 1 is 1.15 bits per heavy atom. The lowest BCUT2D eigenvalue weighted by atomic mass is 9.90. The fourth-order valence-corrected chi connectivity index (χ4v) is 4.55. The summed E-state index contributed by atoms with van der Waals surface area (Å²) in [5.41, 5.74) is 3.29. The first kappa shape index (κ1) is 23.8. The fraction of sp³-hybridized carbons (Fsp3) is 0.536. The Labute approximate surface area is 197 Å². The van der Waals surface area contributed by atoms with Crippen molar-refractivity contribution in [2.75, 3.05) is 26.3 Å². The van der Waals surface area contributed by atoms with Gasteiger partial charge in [-0.1, -0.05) is 26.0 Å². The number of aliphatic hydroxyl groups excluding tert-OH is 1. The van der Waals surface area contributed by atoms with E-state index in [2.05, 4.69) is 23.1 Å². The van der Waals surface area contributed by atoms with E-state index in [0.717, 1.165) is 25.1 Å². The second-order valence-corrected chi connectivity index (χ2v) is 9.92. The van der Waals surface area contributed by atoms with Gasteiger partial charge in [-0.3, -0.25) is 9.69 Å². The molecule has 1 N–H and O–H groups in total. The van der Waals surface area contributed by atoms with E-state index in [1.54, 1.807) is 12.1 Å². The number of aliphatic hydroxyl groups is 1. The Kier molecular flexibility index (Phi) is 8.05. The molecule has 4 rings (SSSR count). The van der Waals surface area contributed by atoms with Crippen LogP contribution in [0.4, 0.5) is 0 Å². The molecule has 5 heteroatoms. The van der Waals surface area contributed by atoms with Crippen molar-refractivity contribution < 1.29 is 19.4 Å². The molecule has 0 spiro atoms. The molecule has 1 fully saturated rings. The highest BCUT2D eigenvalue weighted by Crippen LogP contribution is 2.31. The zero-order valence-corrected chi connectivity index (χ0v) is 20.0. The van der Waals surface area contributed by atoms with Gasteiger partial charge < -0.3 is 14.6 Å². The van der Waals surface area contributed by atoms with Crippen LogP contribution >= 0.6 is 0 Å². The Morgan fingerprint density at radius 3 is 2.64 bits per heavy atom. The summed E-state index contributed by atoms with van der Waals surface area (Å²) in [7, 11) is 0. The van der Waals surface area contributed by atoms with Crippen LogP contribution in [0.2, 0.25) is 0 Å². The predicted octanol–water partition coefficient (Wildman–Crippen LogP) is 4.89. The SMILES string of the molecule is CC(C)C(O)COc1ccc(C(=O)CC[C@H]2COc3cc(CN4CCCC4)ccc3C2)cc1. The van der Waals surface area contributed by atoms with Gasteiger partial charge in [0.15, 0.2) is 5.78 Å². The number of benzene rings is 2. The predicted molar refractivity (Wildman–Crippen MR) is 130 cm³/mol. The molecule has 2 aromatic carbocycles. The van der Waals surface area contributed by atoms with Crippen LogP contribution < -0.4 is 9.47 Å². The van der Waals surface area contributed by atoms with Crippen molar-refractivity contribution in [2.24, 2.45) is 11.8 Å². The molecule has 2 aliphatic rings. The maximum absolute atomic E-state index is 12.7. The molecule has 2 atom stereocenters. The van der Waals surface area contributed by atoms with Gasteiger partial charge in [-0.15, -0.1) is 0 Å². The Bertz CT molecular complexity index is 918. The molecule has 5 nitrogen and oxygen atoms in total. The van der Waals surface area contributed by atoms with Crippen LogP contribution in [0.5, 0.6) is 11.5 Å². The quantitative estimate of drug-likeness (QED) is 0.521. The molecule has 1 saturated heterocycles. The zero-order chi connectivity index (χ0) is 23.2. The number of hydrogen-bond acceptors (Lipinski definition) is 5. The highest BCUT2D eigenvalue weighted by atomic mass is 16.5. The molecule has 0 aliphatic carbocycles. The van der Waals surface area contributed by atoms with E-state index >= 15 is 0 Å². The van der Waals surface area contributed by atoms with Crippen LogP contribution in [0.15, 0.2) is 42.5 Å². The van der Waals surface area contributed by atoms with Gasteiger partial charge in [0.2, 0.25) is 0 Å². The molecule has 0 bridgehead atoms. The molecule has 0 aromatic heterocycles. The van der Waals surface area contributed by atoms with E-state index in [0.29, 0.717) is 30.3 Å². The largest absolute Gasteiger partial charge is 0.493 e. The Hall–Kier alpha value is -2.37. The van der Waals surface area contributed by atoms with E-state index in [4.69, 9.17) is 9.47 Å². The normalized spacial score (nSPS) is 19.2. The van der Waals surface area contributed by atoms with Gasteiger partial charge in [0.25, 0.3) is 0 Å². The maximum Gasteiger partial charge on any atom is 0.162 e. The number of ether oxygens (including phenoxy) is 2.